The van der Waals surface area contributed by atoms with Gasteiger partial charge in [-0.25, -0.2) is 4.79 Å². The molecule has 0 bridgehead atoms. The molecule has 0 saturated heterocycles. The van der Waals surface area contributed by atoms with Gasteiger partial charge in [0.1, 0.15) is 5.60 Å². The summed E-state index contributed by atoms with van der Waals surface area (Å²) in [6.45, 7) is 6.34. The Morgan fingerprint density at radius 2 is 1.83 bits per heavy atom. The molecule has 0 aliphatic heterocycles. The number of hydrogen-bond donors (Lipinski definition) is 0. The molecule has 2 aromatic carbocycles. The van der Waals surface area contributed by atoms with Gasteiger partial charge < -0.3 is 9.64 Å². The number of rotatable bonds is 3. The Morgan fingerprint density at radius 3 is 2.42 bits per heavy atom. The first-order chi connectivity index (χ1) is 11.3. The molecule has 1 amide bonds. The molecule has 1 saturated carbocycles. The zero-order valence-corrected chi connectivity index (χ0v) is 16.1. The van der Waals surface area contributed by atoms with Gasteiger partial charge in [-0.05, 0) is 62.4 Å². The number of amides is 1. The number of ether oxygens (including phenoxy) is 1. The highest BCUT2D eigenvalue weighted by Crippen LogP contribution is 2.31. The Morgan fingerprint density at radius 1 is 1.17 bits per heavy atom. The molecule has 1 aliphatic carbocycles. The second-order valence-corrected chi connectivity index (χ2v) is 8.30. The lowest BCUT2D eigenvalue weighted by molar-refractivity contribution is 0.00473. The van der Waals surface area contributed by atoms with E-state index in [-0.39, 0.29) is 6.09 Å². The molecular weight excluding hydrogens is 366 g/mol. The minimum atomic E-state index is -0.471. The molecule has 1 fully saturated rings. The first kappa shape index (κ1) is 17.3. The maximum absolute atomic E-state index is 12.7. The molecule has 3 rings (SSSR count). The first-order valence-electron chi connectivity index (χ1n) is 8.51. The summed E-state index contributed by atoms with van der Waals surface area (Å²) in [6, 6.07) is 12.7. The fraction of sp³-hybridized carbons (Fsp3) is 0.450. The number of carbonyl (C=O) groups excluding carboxylic acids is 1. The molecule has 0 heterocycles. The number of fused-ring (bicyclic) bond motifs is 1. The zero-order chi connectivity index (χ0) is 17.3. The van der Waals surface area contributed by atoms with Crippen molar-refractivity contribution < 1.29 is 9.53 Å². The van der Waals surface area contributed by atoms with Crippen LogP contribution in [0.15, 0.2) is 40.9 Å². The van der Waals surface area contributed by atoms with E-state index in [4.69, 9.17) is 4.74 Å². The third kappa shape index (κ3) is 3.75. The van der Waals surface area contributed by atoms with Gasteiger partial charge >= 0.3 is 6.09 Å². The maximum Gasteiger partial charge on any atom is 0.410 e. The van der Waals surface area contributed by atoms with E-state index < -0.39 is 5.60 Å². The molecule has 0 spiro atoms. The Hall–Kier alpha value is -1.55. The van der Waals surface area contributed by atoms with Gasteiger partial charge in [-0.15, -0.1) is 0 Å². The number of halogens is 1. The fourth-order valence-corrected chi connectivity index (χ4v) is 3.49. The highest BCUT2D eigenvalue weighted by molar-refractivity contribution is 9.10. The van der Waals surface area contributed by atoms with Gasteiger partial charge in [-0.1, -0.05) is 46.3 Å². The van der Waals surface area contributed by atoms with E-state index in [1.54, 1.807) is 0 Å². The summed E-state index contributed by atoms with van der Waals surface area (Å²) in [4.78, 5) is 14.6. The molecule has 24 heavy (non-hydrogen) atoms. The molecular formula is C20H24BrNO2. The molecule has 128 valence electrons. The van der Waals surface area contributed by atoms with Crippen molar-refractivity contribution >= 4 is 32.8 Å². The van der Waals surface area contributed by atoms with Crippen molar-refractivity contribution in [1.82, 2.24) is 4.90 Å². The Bertz CT molecular complexity index is 747. The molecule has 4 heteroatoms. The van der Waals surface area contributed by atoms with Crippen LogP contribution in [0.2, 0.25) is 0 Å². The van der Waals surface area contributed by atoms with Gasteiger partial charge in [0.15, 0.2) is 0 Å². The van der Waals surface area contributed by atoms with Gasteiger partial charge in [0.05, 0.1) is 0 Å². The van der Waals surface area contributed by atoms with Crippen molar-refractivity contribution in [3.8, 4) is 0 Å². The Kier molecular flexibility index (Phi) is 4.86. The molecule has 0 atom stereocenters. The largest absolute Gasteiger partial charge is 0.444 e. The Balaban J connectivity index is 1.91. The van der Waals surface area contributed by atoms with E-state index in [1.807, 2.05) is 37.8 Å². The van der Waals surface area contributed by atoms with Crippen LogP contribution in [-0.4, -0.2) is 22.6 Å². The smallest absolute Gasteiger partial charge is 0.410 e. The monoisotopic (exact) mass is 389 g/mol. The van der Waals surface area contributed by atoms with Crippen molar-refractivity contribution in [2.24, 2.45) is 0 Å². The summed E-state index contributed by atoms with van der Waals surface area (Å²) < 4.78 is 6.72. The van der Waals surface area contributed by atoms with Gasteiger partial charge in [-0.3, -0.25) is 0 Å². The summed E-state index contributed by atoms with van der Waals surface area (Å²) >= 11 is 3.61. The quantitative estimate of drug-likeness (QED) is 0.654. The lowest BCUT2D eigenvalue weighted by atomic mass is 9.91. The van der Waals surface area contributed by atoms with Crippen LogP contribution in [-0.2, 0) is 11.3 Å². The lowest BCUT2D eigenvalue weighted by Crippen LogP contribution is -2.46. The summed E-state index contributed by atoms with van der Waals surface area (Å²) in [5, 5.41) is 2.35. The number of hydrogen-bond acceptors (Lipinski definition) is 2. The minimum Gasteiger partial charge on any atom is -0.444 e. The van der Waals surface area contributed by atoms with Gasteiger partial charge in [0, 0.05) is 17.1 Å². The number of benzene rings is 2. The average molecular weight is 390 g/mol. The fourth-order valence-electron chi connectivity index (χ4n) is 3.01. The standard InChI is InChI=1S/C20H24BrNO2/c1-20(2,3)24-19(23)22(15-7-6-8-15)13-14-11-12-18(21)17-10-5-4-9-16(14)17/h4-5,9-12,15H,6-8,13H2,1-3H3. The van der Waals surface area contributed by atoms with Crippen molar-refractivity contribution in [2.75, 3.05) is 0 Å². The van der Waals surface area contributed by atoms with E-state index >= 15 is 0 Å². The van der Waals surface area contributed by atoms with E-state index in [1.165, 1.54) is 17.2 Å². The van der Waals surface area contributed by atoms with Crippen LogP contribution in [0.5, 0.6) is 0 Å². The van der Waals surface area contributed by atoms with Crippen LogP contribution in [0.4, 0.5) is 4.79 Å². The maximum atomic E-state index is 12.7. The normalized spacial score (nSPS) is 15.2. The van der Waals surface area contributed by atoms with E-state index in [2.05, 4.69) is 40.2 Å². The average Bonchev–Trinajstić information content (AvgIpc) is 2.46. The van der Waals surface area contributed by atoms with Crippen LogP contribution in [0.25, 0.3) is 10.8 Å². The van der Waals surface area contributed by atoms with Crippen LogP contribution >= 0.6 is 15.9 Å². The topological polar surface area (TPSA) is 29.5 Å². The van der Waals surface area contributed by atoms with Crippen molar-refractivity contribution in [1.29, 1.82) is 0 Å². The van der Waals surface area contributed by atoms with Crippen LogP contribution < -0.4 is 0 Å². The van der Waals surface area contributed by atoms with Gasteiger partial charge in [-0.2, -0.15) is 0 Å². The molecule has 3 nitrogen and oxygen atoms in total. The number of nitrogens with zero attached hydrogens (tertiary/aromatic N) is 1. The van der Waals surface area contributed by atoms with Crippen LogP contribution in [0, 0.1) is 0 Å². The second kappa shape index (κ2) is 6.75. The predicted molar refractivity (Wildman–Crippen MR) is 101 cm³/mol. The van der Waals surface area contributed by atoms with Gasteiger partial charge in [0.2, 0.25) is 0 Å². The highest BCUT2D eigenvalue weighted by Gasteiger charge is 2.32. The molecule has 0 N–H and O–H groups in total. The predicted octanol–water partition coefficient (Wildman–Crippen LogP) is 5.89. The highest BCUT2D eigenvalue weighted by atomic mass is 79.9. The molecule has 1 aliphatic rings. The molecule has 0 radical (unpaired) electrons. The molecule has 2 aromatic rings. The van der Waals surface area contributed by atoms with Gasteiger partial charge in [0.25, 0.3) is 0 Å². The summed E-state index contributed by atoms with van der Waals surface area (Å²) in [6.07, 6.45) is 3.10. The van der Waals surface area contributed by atoms with E-state index in [0.29, 0.717) is 12.6 Å². The van der Waals surface area contributed by atoms with E-state index in [9.17, 15) is 4.79 Å². The Labute approximate surface area is 152 Å². The first-order valence-corrected chi connectivity index (χ1v) is 9.30. The zero-order valence-electron chi connectivity index (χ0n) is 14.5. The second-order valence-electron chi connectivity index (χ2n) is 7.45. The molecule has 0 aromatic heterocycles. The third-order valence-corrected chi connectivity index (χ3v) is 5.14. The van der Waals surface area contributed by atoms with Crippen molar-refractivity contribution in [3.05, 3.63) is 46.4 Å². The summed E-state index contributed by atoms with van der Waals surface area (Å²) in [5.74, 6) is 0. The molecule has 0 unspecified atom stereocenters. The van der Waals surface area contributed by atoms with Crippen molar-refractivity contribution in [3.63, 3.8) is 0 Å². The van der Waals surface area contributed by atoms with E-state index in [0.717, 1.165) is 22.9 Å². The SMILES string of the molecule is CC(C)(C)OC(=O)N(Cc1ccc(Br)c2ccccc12)C1CCC1. The lowest BCUT2D eigenvalue weighted by Gasteiger charge is -2.38. The summed E-state index contributed by atoms with van der Waals surface area (Å²) in [5.41, 5.74) is 0.687. The number of carbonyl (C=O) groups is 1. The summed E-state index contributed by atoms with van der Waals surface area (Å²) in [7, 11) is 0. The minimum absolute atomic E-state index is 0.209. The van der Waals surface area contributed by atoms with Crippen molar-refractivity contribution in [2.45, 2.75) is 58.2 Å². The van der Waals surface area contributed by atoms with Crippen LogP contribution in [0.3, 0.4) is 0 Å². The van der Waals surface area contributed by atoms with Crippen LogP contribution in [0.1, 0.15) is 45.6 Å². The third-order valence-electron chi connectivity index (χ3n) is 4.45.